The Kier molecular flexibility index (Phi) is 3.55. The summed E-state index contributed by atoms with van der Waals surface area (Å²) in [4.78, 5) is 11.2. The Balaban J connectivity index is 1.67. The molecule has 1 aliphatic rings. The van der Waals surface area contributed by atoms with Crippen LogP contribution in [-0.2, 0) is 6.54 Å². The normalized spacial score (nSPS) is 20.6. The molecule has 2 aromatic rings. The summed E-state index contributed by atoms with van der Waals surface area (Å²) >= 11 is 0. The minimum absolute atomic E-state index is 0.526. The molecule has 0 bridgehead atoms. The minimum Gasteiger partial charge on any atom is -0.297 e. The van der Waals surface area contributed by atoms with Gasteiger partial charge in [-0.3, -0.25) is 10.00 Å². The van der Waals surface area contributed by atoms with Gasteiger partial charge in [0.25, 0.3) is 0 Å². The van der Waals surface area contributed by atoms with Gasteiger partial charge in [-0.05, 0) is 38.4 Å². The summed E-state index contributed by atoms with van der Waals surface area (Å²) in [7, 11) is 0. The van der Waals surface area contributed by atoms with Gasteiger partial charge in [-0.1, -0.05) is 0 Å². The Labute approximate surface area is 113 Å². The number of nitrogens with zero attached hydrogens (tertiary/aromatic N) is 4. The van der Waals surface area contributed by atoms with Crippen LogP contribution in [0.1, 0.15) is 36.0 Å². The zero-order valence-corrected chi connectivity index (χ0v) is 11.2. The topological polar surface area (TPSA) is 57.7 Å². The van der Waals surface area contributed by atoms with E-state index in [2.05, 4.69) is 31.1 Å². The molecule has 0 aromatic carbocycles. The smallest absolute Gasteiger partial charge is 0.125 e. The second-order valence-electron chi connectivity index (χ2n) is 5.18. The van der Waals surface area contributed by atoms with Gasteiger partial charge in [0.15, 0.2) is 0 Å². The van der Waals surface area contributed by atoms with E-state index in [1.807, 2.05) is 25.4 Å². The van der Waals surface area contributed by atoms with Crippen molar-refractivity contribution in [2.45, 2.75) is 32.2 Å². The van der Waals surface area contributed by atoms with Gasteiger partial charge in [0.05, 0.1) is 0 Å². The van der Waals surface area contributed by atoms with Crippen molar-refractivity contribution < 1.29 is 0 Å². The highest BCUT2D eigenvalue weighted by Gasteiger charge is 2.22. The number of H-pyrrole nitrogens is 1. The van der Waals surface area contributed by atoms with Gasteiger partial charge in [-0.25, -0.2) is 9.97 Å². The van der Waals surface area contributed by atoms with Crippen LogP contribution in [0.5, 0.6) is 0 Å². The average molecular weight is 257 g/mol. The van der Waals surface area contributed by atoms with Crippen molar-refractivity contribution in [3.63, 3.8) is 0 Å². The van der Waals surface area contributed by atoms with E-state index >= 15 is 0 Å². The summed E-state index contributed by atoms with van der Waals surface area (Å²) in [5.41, 5.74) is 2.36. The number of nitrogens with one attached hydrogen (secondary N) is 1. The van der Waals surface area contributed by atoms with Crippen molar-refractivity contribution in [1.29, 1.82) is 0 Å². The molecule has 2 aromatic heterocycles. The van der Waals surface area contributed by atoms with Crippen molar-refractivity contribution in [3.05, 3.63) is 41.7 Å². The first-order chi connectivity index (χ1) is 9.31. The Morgan fingerprint density at radius 3 is 3.11 bits per heavy atom. The monoisotopic (exact) mass is 257 g/mol. The summed E-state index contributed by atoms with van der Waals surface area (Å²) in [6.07, 6.45) is 6.12. The SMILES string of the molecule is Cc1nccc([C@@H]2CCCN(Cc3ccn[nH]3)C2)n1. The van der Waals surface area contributed by atoms with Crippen molar-refractivity contribution >= 4 is 0 Å². The third-order valence-corrected chi connectivity index (χ3v) is 3.67. The molecule has 1 fully saturated rings. The third kappa shape index (κ3) is 2.98. The van der Waals surface area contributed by atoms with Gasteiger partial charge in [0, 0.05) is 42.8 Å². The summed E-state index contributed by atoms with van der Waals surface area (Å²) in [5, 5.41) is 7.04. The molecule has 0 saturated carbocycles. The Bertz CT molecular complexity index is 522. The van der Waals surface area contributed by atoms with Crippen LogP contribution in [0.15, 0.2) is 24.5 Å². The van der Waals surface area contributed by atoms with Crippen LogP contribution in [0.2, 0.25) is 0 Å². The maximum absolute atomic E-state index is 4.57. The van der Waals surface area contributed by atoms with Crippen LogP contribution < -0.4 is 0 Å². The molecule has 100 valence electrons. The van der Waals surface area contributed by atoms with Crippen LogP contribution in [0.4, 0.5) is 0 Å². The molecule has 1 saturated heterocycles. The highest BCUT2D eigenvalue weighted by atomic mass is 15.2. The number of aryl methyl sites for hydroxylation is 1. The van der Waals surface area contributed by atoms with E-state index in [0.717, 1.165) is 25.5 Å². The predicted octanol–water partition coefficient (Wildman–Crippen LogP) is 1.89. The molecule has 1 aliphatic heterocycles. The van der Waals surface area contributed by atoms with Crippen LogP contribution in [0, 0.1) is 6.92 Å². The quantitative estimate of drug-likeness (QED) is 0.912. The van der Waals surface area contributed by atoms with Crippen molar-refractivity contribution in [1.82, 2.24) is 25.1 Å². The number of likely N-dealkylation sites (tertiary alicyclic amines) is 1. The minimum atomic E-state index is 0.526. The molecular formula is C14H19N5. The first kappa shape index (κ1) is 12.3. The molecule has 5 nitrogen and oxygen atoms in total. The van der Waals surface area contributed by atoms with E-state index in [1.54, 1.807) is 0 Å². The lowest BCUT2D eigenvalue weighted by atomic mass is 9.94. The van der Waals surface area contributed by atoms with E-state index in [-0.39, 0.29) is 0 Å². The molecule has 5 heteroatoms. The van der Waals surface area contributed by atoms with E-state index < -0.39 is 0 Å². The van der Waals surface area contributed by atoms with Gasteiger partial charge in [-0.2, -0.15) is 5.10 Å². The Morgan fingerprint density at radius 1 is 1.37 bits per heavy atom. The van der Waals surface area contributed by atoms with Crippen LogP contribution in [0.3, 0.4) is 0 Å². The van der Waals surface area contributed by atoms with Gasteiger partial charge in [-0.15, -0.1) is 0 Å². The molecule has 3 rings (SSSR count). The standard InChI is InChI=1S/C14H19N5/c1-11-15-6-5-14(17-11)12-3-2-8-19(9-12)10-13-4-7-16-18-13/h4-7,12H,2-3,8-10H2,1H3,(H,16,18)/t12-/m1/s1. The fraction of sp³-hybridized carbons (Fsp3) is 0.500. The largest absolute Gasteiger partial charge is 0.297 e. The molecule has 0 amide bonds. The highest BCUT2D eigenvalue weighted by molar-refractivity contribution is 5.10. The Morgan fingerprint density at radius 2 is 2.32 bits per heavy atom. The zero-order chi connectivity index (χ0) is 13.1. The van der Waals surface area contributed by atoms with E-state index in [1.165, 1.54) is 24.2 Å². The summed E-state index contributed by atoms with van der Waals surface area (Å²) < 4.78 is 0. The second kappa shape index (κ2) is 5.48. The van der Waals surface area contributed by atoms with Gasteiger partial charge < -0.3 is 0 Å². The summed E-state index contributed by atoms with van der Waals surface area (Å²) in [6.45, 7) is 5.12. The lowest BCUT2D eigenvalue weighted by molar-refractivity contribution is 0.196. The number of aromatic amines is 1. The third-order valence-electron chi connectivity index (χ3n) is 3.67. The number of hydrogen-bond acceptors (Lipinski definition) is 4. The van der Waals surface area contributed by atoms with Crippen LogP contribution in [-0.4, -0.2) is 38.2 Å². The van der Waals surface area contributed by atoms with Crippen LogP contribution >= 0.6 is 0 Å². The predicted molar refractivity (Wildman–Crippen MR) is 72.6 cm³/mol. The fourth-order valence-electron chi connectivity index (χ4n) is 2.76. The lowest BCUT2D eigenvalue weighted by Gasteiger charge is -2.32. The maximum atomic E-state index is 4.57. The first-order valence-electron chi connectivity index (χ1n) is 6.81. The summed E-state index contributed by atoms with van der Waals surface area (Å²) in [6, 6.07) is 4.09. The molecule has 1 atom stereocenters. The zero-order valence-electron chi connectivity index (χ0n) is 11.2. The molecule has 3 heterocycles. The van der Waals surface area contributed by atoms with Gasteiger partial charge in [0.2, 0.25) is 0 Å². The van der Waals surface area contributed by atoms with E-state index in [9.17, 15) is 0 Å². The van der Waals surface area contributed by atoms with E-state index in [4.69, 9.17) is 0 Å². The number of rotatable bonds is 3. The molecule has 19 heavy (non-hydrogen) atoms. The molecule has 1 N–H and O–H groups in total. The van der Waals surface area contributed by atoms with Crippen molar-refractivity contribution in [2.75, 3.05) is 13.1 Å². The lowest BCUT2D eigenvalue weighted by Crippen LogP contribution is -2.34. The van der Waals surface area contributed by atoms with Crippen molar-refractivity contribution in [2.24, 2.45) is 0 Å². The average Bonchev–Trinajstić information content (AvgIpc) is 2.92. The molecular weight excluding hydrogens is 238 g/mol. The number of piperidine rings is 1. The fourth-order valence-corrected chi connectivity index (χ4v) is 2.76. The maximum Gasteiger partial charge on any atom is 0.125 e. The molecule has 0 radical (unpaired) electrons. The Hall–Kier alpha value is -1.75. The molecule has 0 unspecified atom stereocenters. The number of aromatic nitrogens is 4. The first-order valence-corrected chi connectivity index (χ1v) is 6.81. The summed E-state index contributed by atoms with van der Waals surface area (Å²) in [5.74, 6) is 1.39. The number of hydrogen-bond donors (Lipinski definition) is 1. The van der Waals surface area contributed by atoms with Gasteiger partial charge >= 0.3 is 0 Å². The highest BCUT2D eigenvalue weighted by Crippen LogP contribution is 2.26. The van der Waals surface area contributed by atoms with E-state index in [0.29, 0.717) is 5.92 Å². The second-order valence-corrected chi connectivity index (χ2v) is 5.18. The van der Waals surface area contributed by atoms with Gasteiger partial charge in [0.1, 0.15) is 5.82 Å². The van der Waals surface area contributed by atoms with Crippen LogP contribution in [0.25, 0.3) is 0 Å². The van der Waals surface area contributed by atoms with Crippen molar-refractivity contribution in [3.8, 4) is 0 Å². The molecule has 0 aliphatic carbocycles. The molecule has 0 spiro atoms.